The molecular weight excluding hydrogens is 363 g/mol. The van der Waals surface area contributed by atoms with Crippen LogP contribution in [-0.2, 0) is 0 Å². The van der Waals surface area contributed by atoms with E-state index in [0.717, 1.165) is 11.3 Å². The third kappa shape index (κ3) is 4.33. The lowest BCUT2D eigenvalue weighted by atomic mass is 9.99. The summed E-state index contributed by atoms with van der Waals surface area (Å²) in [6.45, 7) is 0. The number of carboxylic acid groups (broad SMARTS) is 1. The zero-order valence-corrected chi connectivity index (χ0v) is 17.5. The number of hydrogen-bond acceptors (Lipinski definition) is 1. The molecule has 2 aromatic rings. The second-order valence-corrected chi connectivity index (χ2v) is 11.1. The first-order chi connectivity index (χ1) is 13.7. The van der Waals surface area contributed by atoms with Gasteiger partial charge < -0.3 is 5.11 Å². The van der Waals surface area contributed by atoms with E-state index < -0.39 is 5.97 Å². The molecule has 0 spiro atoms. The molecule has 0 amide bonds. The van der Waals surface area contributed by atoms with Crippen LogP contribution in [-0.4, -0.2) is 22.4 Å². The molecule has 0 atom stereocenters. The van der Waals surface area contributed by atoms with E-state index in [1.54, 1.807) is 17.4 Å². The summed E-state index contributed by atoms with van der Waals surface area (Å²) in [4.78, 5) is 11.2. The van der Waals surface area contributed by atoms with Crippen LogP contribution < -0.4 is 5.30 Å². The van der Waals surface area contributed by atoms with Crippen LogP contribution in [0.4, 0.5) is 0 Å². The van der Waals surface area contributed by atoms with Gasteiger partial charge in [-0.15, -0.1) is 0 Å². The van der Waals surface area contributed by atoms with Gasteiger partial charge >= 0.3 is 5.97 Å². The average Bonchev–Trinajstić information content (AvgIpc) is 2.76. The van der Waals surface area contributed by atoms with Crippen molar-refractivity contribution in [2.75, 3.05) is 0 Å². The Morgan fingerprint density at radius 1 is 0.750 bits per heavy atom. The third-order valence-corrected chi connectivity index (χ3v) is 10.1. The topological polar surface area (TPSA) is 37.3 Å². The van der Waals surface area contributed by atoms with Crippen LogP contribution in [0, 0.1) is 0 Å². The van der Waals surface area contributed by atoms with Crippen LogP contribution in [0.3, 0.4) is 0 Å². The highest BCUT2D eigenvalue weighted by Gasteiger charge is 2.33. The minimum absolute atomic E-state index is 0.173. The van der Waals surface area contributed by atoms with Crippen molar-refractivity contribution in [1.29, 1.82) is 0 Å². The van der Waals surface area contributed by atoms with Gasteiger partial charge in [-0.05, 0) is 65.6 Å². The summed E-state index contributed by atoms with van der Waals surface area (Å²) < 4.78 is 0. The van der Waals surface area contributed by atoms with E-state index in [4.69, 9.17) is 0 Å². The van der Waals surface area contributed by atoms with Gasteiger partial charge in [0.2, 0.25) is 0 Å². The Hall–Kier alpha value is -1.66. The van der Waals surface area contributed by atoms with Crippen LogP contribution >= 0.6 is 7.92 Å². The molecule has 0 heterocycles. The molecule has 2 aliphatic carbocycles. The van der Waals surface area contributed by atoms with E-state index >= 15 is 0 Å². The van der Waals surface area contributed by atoms with Crippen LogP contribution in [0.25, 0.3) is 11.1 Å². The molecule has 3 heteroatoms. The number of carbonyl (C=O) groups is 1. The van der Waals surface area contributed by atoms with Gasteiger partial charge in [-0.2, -0.15) is 0 Å². The first-order valence-corrected chi connectivity index (χ1v) is 12.4. The molecule has 28 heavy (non-hydrogen) atoms. The van der Waals surface area contributed by atoms with Crippen molar-refractivity contribution < 1.29 is 9.90 Å². The molecule has 1 N–H and O–H groups in total. The zero-order valence-electron chi connectivity index (χ0n) is 16.6. The van der Waals surface area contributed by atoms with Gasteiger partial charge in [0.1, 0.15) is 0 Å². The summed E-state index contributed by atoms with van der Waals surface area (Å²) in [5.74, 6) is -0.855. The average molecular weight is 394 g/mol. The summed E-state index contributed by atoms with van der Waals surface area (Å²) in [6.07, 6.45) is 14.0. The van der Waals surface area contributed by atoms with Crippen molar-refractivity contribution >= 4 is 19.2 Å². The van der Waals surface area contributed by atoms with Gasteiger partial charge in [0, 0.05) is 0 Å². The van der Waals surface area contributed by atoms with Crippen molar-refractivity contribution in [3.8, 4) is 11.1 Å². The molecule has 0 bridgehead atoms. The maximum Gasteiger partial charge on any atom is 0.335 e. The molecule has 4 rings (SSSR count). The van der Waals surface area contributed by atoms with Crippen molar-refractivity contribution in [2.45, 2.75) is 75.5 Å². The van der Waals surface area contributed by atoms with Crippen LogP contribution in [0.2, 0.25) is 0 Å². The van der Waals surface area contributed by atoms with Crippen molar-refractivity contribution in [2.24, 2.45) is 0 Å². The van der Waals surface area contributed by atoms with E-state index in [1.807, 2.05) is 12.1 Å². The predicted molar refractivity (Wildman–Crippen MR) is 119 cm³/mol. The molecule has 0 radical (unpaired) electrons. The van der Waals surface area contributed by atoms with E-state index in [1.165, 1.54) is 75.3 Å². The Balaban J connectivity index is 1.72. The first-order valence-electron chi connectivity index (χ1n) is 10.9. The molecule has 0 saturated heterocycles. The summed E-state index contributed by atoms with van der Waals surface area (Å²) in [5, 5.41) is 10.8. The largest absolute Gasteiger partial charge is 0.478 e. The fourth-order valence-electron chi connectivity index (χ4n) is 5.15. The van der Waals surface area contributed by atoms with E-state index in [-0.39, 0.29) is 7.92 Å². The van der Waals surface area contributed by atoms with Crippen LogP contribution in [0.15, 0.2) is 48.5 Å². The Bertz CT molecular complexity index is 768. The molecular formula is C25H31O2P. The molecule has 0 unspecified atom stereocenters. The van der Waals surface area contributed by atoms with Crippen molar-refractivity contribution in [3.63, 3.8) is 0 Å². The standard InChI is InChI=1S/C25H31O2P/c26-25(27)20-17-15-19(16-18-20)23-13-7-8-14-24(23)28(21-9-3-1-4-10-21)22-11-5-2-6-12-22/h7-8,13-18,21-22H,1-6,9-12H2,(H,26,27). The van der Waals surface area contributed by atoms with Gasteiger partial charge in [0.05, 0.1) is 5.56 Å². The van der Waals surface area contributed by atoms with E-state index in [9.17, 15) is 9.90 Å². The van der Waals surface area contributed by atoms with Crippen molar-refractivity contribution in [3.05, 3.63) is 54.1 Å². The first kappa shape index (κ1) is 19.6. The van der Waals surface area contributed by atoms with Crippen molar-refractivity contribution in [1.82, 2.24) is 0 Å². The zero-order chi connectivity index (χ0) is 19.3. The Labute approximate surface area is 170 Å². The van der Waals surface area contributed by atoms with Gasteiger partial charge in [-0.25, -0.2) is 4.79 Å². The monoisotopic (exact) mass is 394 g/mol. The smallest absolute Gasteiger partial charge is 0.335 e. The second-order valence-electron chi connectivity index (χ2n) is 8.39. The second kappa shape index (κ2) is 9.23. The number of carboxylic acids is 1. The molecule has 2 aromatic carbocycles. The van der Waals surface area contributed by atoms with Crippen LogP contribution in [0.1, 0.15) is 74.6 Å². The molecule has 148 valence electrons. The quantitative estimate of drug-likeness (QED) is 0.565. The molecule has 2 saturated carbocycles. The fraction of sp³-hybridized carbons (Fsp3) is 0.480. The minimum Gasteiger partial charge on any atom is -0.478 e. The summed E-state index contributed by atoms with van der Waals surface area (Å²) in [7, 11) is -0.173. The van der Waals surface area contributed by atoms with E-state index in [0.29, 0.717) is 5.56 Å². The Morgan fingerprint density at radius 2 is 1.29 bits per heavy atom. The summed E-state index contributed by atoms with van der Waals surface area (Å²) in [5.41, 5.74) is 4.60. The number of benzene rings is 2. The van der Waals surface area contributed by atoms with E-state index in [2.05, 4.69) is 24.3 Å². The number of rotatable bonds is 5. The summed E-state index contributed by atoms with van der Waals surface area (Å²) in [6, 6.07) is 16.5. The normalized spacial score (nSPS) is 19.0. The predicted octanol–water partition coefficient (Wildman–Crippen LogP) is 6.82. The van der Waals surface area contributed by atoms with Gasteiger partial charge in [0.15, 0.2) is 0 Å². The lowest BCUT2D eigenvalue weighted by Gasteiger charge is -2.39. The lowest BCUT2D eigenvalue weighted by Crippen LogP contribution is -2.27. The number of aromatic carboxylic acids is 1. The third-order valence-electron chi connectivity index (χ3n) is 6.56. The number of hydrogen-bond donors (Lipinski definition) is 1. The minimum atomic E-state index is -0.855. The van der Waals surface area contributed by atoms with Gasteiger partial charge in [0.25, 0.3) is 0 Å². The fourth-order valence-corrected chi connectivity index (χ4v) is 9.11. The molecule has 0 aromatic heterocycles. The van der Waals surface area contributed by atoms with Gasteiger partial charge in [-0.3, -0.25) is 0 Å². The SMILES string of the molecule is O=C(O)c1ccc(-c2ccccc2P(C2CCCCC2)C2CCCCC2)cc1. The van der Waals surface area contributed by atoms with Crippen LogP contribution in [0.5, 0.6) is 0 Å². The maximum absolute atomic E-state index is 11.2. The molecule has 0 aliphatic heterocycles. The molecule has 2 fully saturated rings. The highest BCUT2D eigenvalue weighted by atomic mass is 31.1. The Morgan fingerprint density at radius 3 is 1.82 bits per heavy atom. The van der Waals surface area contributed by atoms with Gasteiger partial charge in [-0.1, -0.05) is 82.8 Å². The highest BCUT2D eigenvalue weighted by Crippen LogP contribution is 2.56. The lowest BCUT2D eigenvalue weighted by molar-refractivity contribution is 0.0697. The molecule has 2 nitrogen and oxygen atoms in total. The Kier molecular flexibility index (Phi) is 6.47. The summed E-state index contributed by atoms with van der Waals surface area (Å²) >= 11 is 0. The highest BCUT2D eigenvalue weighted by molar-refractivity contribution is 7.67. The molecule has 2 aliphatic rings. The maximum atomic E-state index is 11.2.